The number of likely N-dealkylation sites (tertiary alicyclic amines) is 1. The van der Waals surface area contributed by atoms with Crippen LogP contribution in [0.2, 0.25) is 0 Å². The van der Waals surface area contributed by atoms with E-state index in [0.717, 1.165) is 13.1 Å². The Kier molecular flexibility index (Phi) is 7.04. The van der Waals surface area contributed by atoms with E-state index in [1.165, 1.54) is 31.3 Å². The highest BCUT2D eigenvalue weighted by atomic mass is 16.5. The smallest absolute Gasteiger partial charge is 0.295 e. The van der Waals surface area contributed by atoms with Crippen LogP contribution in [0.25, 0.3) is 5.76 Å². The van der Waals surface area contributed by atoms with Gasteiger partial charge >= 0.3 is 0 Å². The first-order valence-corrected chi connectivity index (χ1v) is 11.0. The zero-order valence-electron chi connectivity index (χ0n) is 19.2. The Morgan fingerprint density at radius 1 is 1.06 bits per heavy atom. The van der Waals surface area contributed by atoms with E-state index in [4.69, 9.17) is 14.2 Å². The van der Waals surface area contributed by atoms with Crippen molar-refractivity contribution in [1.29, 1.82) is 0 Å². The van der Waals surface area contributed by atoms with Crippen LogP contribution in [0.15, 0.2) is 48.0 Å². The molecule has 0 saturated carbocycles. The second-order valence-electron chi connectivity index (χ2n) is 8.07. The van der Waals surface area contributed by atoms with Crippen molar-refractivity contribution in [2.75, 3.05) is 53.6 Å². The van der Waals surface area contributed by atoms with Crippen molar-refractivity contribution < 1.29 is 34.0 Å². The number of aliphatic hydroxyl groups excluding tert-OH is 1. The topological polar surface area (TPSA) is 109 Å². The van der Waals surface area contributed by atoms with Gasteiger partial charge in [-0.15, -0.1) is 0 Å². The Balaban J connectivity index is 1.79. The summed E-state index contributed by atoms with van der Waals surface area (Å²) in [5, 5.41) is 21.7. The monoisotopic (exact) mass is 468 g/mol. The van der Waals surface area contributed by atoms with E-state index >= 15 is 0 Å². The number of carbonyl (C=O) groups is 2. The van der Waals surface area contributed by atoms with E-state index in [1.807, 2.05) is 0 Å². The van der Waals surface area contributed by atoms with Crippen LogP contribution in [0.4, 0.5) is 0 Å². The molecule has 2 aromatic carbocycles. The van der Waals surface area contributed by atoms with Gasteiger partial charge in [-0.1, -0.05) is 18.2 Å². The average molecular weight is 469 g/mol. The first kappa shape index (κ1) is 23.6. The van der Waals surface area contributed by atoms with Gasteiger partial charge in [0.15, 0.2) is 0 Å². The highest BCUT2D eigenvalue weighted by Crippen LogP contribution is 2.43. The Bertz CT molecular complexity index is 1110. The minimum Gasteiger partial charge on any atom is -0.507 e. The normalized spacial score (nSPS) is 20.5. The number of morpholine rings is 1. The van der Waals surface area contributed by atoms with Crippen LogP contribution in [0.5, 0.6) is 17.2 Å². The van der Waals surface area contributed by atoms with Gasteiger partial charge in [-0.2, -0.15) is 0 Å². The van der Waals surface area contributed by atoms with Crippen LogP contribution in [-0.2, 0) is 14.3 Å². The Morgan fingerprint density at radius 3 is 2.47 bits per heavy atom. The molecule has 2 fully saturated rings. The summed E-state index contributed by atoms with van der Waals surface area (Å²) in [6, 6.07) is 10.5. The van der Waals surface area contributed by atoms with Crippen molar-refractivity contribution >= 4 is 17.4 Å². The number of aliphatic hydroxyl groups is 1. The molecule has 1 atom stereocenters. The Hall–Kier alpha value is -3.56. The van der Waals surface area contributed by atoms with E-state index in [9.17, 15) is 19.8 Å². The van der Waals surface area contributed by atoms with Gasteiger partial charge in [0.2, 0.25) is 0 Å². The molecule has 0 spiro atoms. The lowest BCUT2D eigenvalue weighted by Gasteiger charge is -2.31. The second kappa shape index (κ2) is 10.1. The predicted molar refractivity (Wildman–Crippen MR) is 124 cm³/mol. The molecule has 9 heteroatoms. The van der Waals surface area contributed by atoms with Crippen molar-refractivity contribution in [1.82, 2.24) is 9.80 Å². The summed E-state index contributed by atoms with van der Waals surface area (Å²) in [7, 11) is 2.96. The van der Waals surface area contributed by atoms with Gasteiger partial charge in [-0.3, -0.25) is 14.5 Å². The summed E-state index contributed by atoms with van der Waals surface area (Å²) >= 11 is 0. The summed E-state index contributed by atoms with van der Waals surface area (Å²) in [6.45, 7) is 3.54. The van der Waals surface area contributed by atoms with E-state index < -0.39 is 23.5 Å². The molecule has 2 aliphatic heterocycles. The molecule has 2 aliphatic rings. The Morgan fingerprint density at radius 2 is 1.79 bits per heavy atom. The molecule has 2 heterocycles. The number of rotatable bonds is 7. The maximum Gasteiger partial charge on any atom is 0.295 e. The van der Waals surface area contributed by atoms with Crippen LogP contribution in [-0.4, -0.2) is 85.3 Å². The van der Waals surface area contributed by atoms with E-state index in [0.29, 0.717) is 36.8 Å². The quantitative estimate of drug-likeness (QED) is 0.362. The van der Waals surface area contributed by atoms with Crippen LogP contribution >= 0.6 is 0 Å². The van der Waals surface area contributed by atoms with Gasteiger partial charge < -0.3 is 29.3 Å². The number of methoxy groups -OCH3 is 2. The highest BCUT2D eigenvalue weighted by Gasteiger charge is 2.47. The molecule has 2 saturated heterocycles. The lowest BCUT2D eigenvalue weighted by atomic mass is 9.94. The number of hydrogen-bond donors (Lipinski definition) is 2. The maximum absolute atomic E-state index is 13.2. The zero-order valence-corrected chi connectivity index (χ0v) is 19.2. The molecule has 0 aromatic heterocycles. The number of para-hydroxylation sites is 1. The molecule has 0 aliphatic carbocycles. The molecular weight excluding hydrogens is 440 g/mol. The fourth-order valence-corrected chi connectivity index (χ4v) is 4.38. The molecule has 4 rings (SSSR count). The van der Waals surface area contributed by atoms with E-state index in [-0.39, 0.29) is 23.4 Å². The van der Waals surface area contributed by atoms with Crippen LogP contribution in [0.3, 0.4) is 0 Å². The molecule has 0 radical (unpaired) electrons. The lowest BCUT2D eigenvalue weighted by molar-refractivity contribution is -0.140. The summed E-state index contributed by atoms with van der Waals surface area (Å²) in [4.78, 5) is 30.0. The third-order valence-electron chi connectivity index (χ3n) is 6.19. The standard InChI is InChI=1S/C25H28N2O7/c1-32-16-7-8-17(19(28)15-16)23(29)21-22(18-5-3-4-6-20(18)33-2)27(25(31)24(21)30)10-9-26-11-13-34-14-12-26/h3-8,15,22,28-29H,9-14H2,1-2H3/b23-21+. The van der Waals surface area contributed by atoms with Gasteiger partial charge in [-0.05, 0) is 18.2 Å². The fraction of sp³-hybridized carbons (Fsp3) is 0.360. The first-order valence-electron chi connectivity index (χ1n) is 11.0. The van der Waals surface area contributed by atoms with E-state index in [1.54, 1.807) is 30.3 Å². The summed E-state index contributed by atoms with van der Waals surface area (Å²) in [6.07, 6.45) is 0. The summed E-state index contributed by atoms with van der Waals surface area (Å²) in [5.74, 6) is -1.38. The van der Waals surface area contributed by atoms with Crippen LogP contribution < -0.4 is 9.47 Å². The SMILES string of the molecule is COc1ccc(/C(O)=C2\C(=O)C(=O)N(CCN3CCOCC3)C2c2ccccc2OC)c(O)c1. The summed E-state index contributed by atoms with van der Waals surface area (Å²) < 4.78 is 16.0. The van der Waals surface area contributed by atoms with Crippen LogP contribution in [0.1, 0.15) is 17.2 Å². The van der Waals surface area contributed by atoms with Gasteiger partial charge in [0.05, 0.1) is 44.6 Å². The molecule has 1 amide bonds. The zero-order chi connectivity index (χ0) is 24.2. The van der Waals surface area contributed by atoms with Crippen molar-refractivity contribution in [3.8, 4) is 17.2 Å². The highest BCUT2D eigenvalue weighted by molar-refractivity contribution is 6.46. The number of ether oxygens (including phenoxy) is 3. The molecule has 2 N–H and O–H groups in total. The minimum atomic E-state index is -0.876. The molecule has 180 valence electrons. The Labute approximate surface area is 197 Å². The third kappa shape index (κ3) is 4.44. The first-order chi connectivity index (χ1) is 16.5. The molecular formula is C25H28N2O7. The molecule has 0 bridgehead atoms. The van der Waals surface area contributed by atoms with Crippen molar-refractivity contribution in [2.24, 2.45) is 0 Å². The second-order valence-corrected chi connectivity index (χ2v) is 8.07. The number of nitrogens with zero attached hydrogens (tertiary/aromatic N) is 2. The largest absolute Gasteiger partial charge is 0.507 e. The number of aromatic hydroxyl groups is 1. The predicted octanol–water partition coefficient (Wildman–Crippen LogP) is 2.16. The number of phenols is 1. The molecule has 2 aromatic rings. The number of amides is 1. The number of hydrogen-bond acceptors (Lipinski definition) is 8. The van der Waals surface area contributed by atoms with E-state index in [2.05, 4.69) is 4.90 Å². The minimum absolute atomic E-state index is 0.0341. The molecule has 1 unspecified atom stereocenters. The summed E-state index contributed by atoms with van der Waals surface area (Å²) in [5.41, 5.74) is 0.504. The van der Waals surface area contributed by atoms with Gasteiger partial charge in [-0.25, -0.2) is 0 Å². The van der Waals surface area contributed by atoms with Crippen LogP contribution in [0, 0.1) is 0 Å². The molecule has 9 nitrogen and oxygen atoms in total. The maximum atomic E-state index is 13.2. The van der Waals surface area contributed by atoms with Crippen molar-refractivity contribution in [3.05, 3.63) is 59.2 Å². The molecule has 34 heavy (non-hydrogen) atoms. The van der Waals surface area contributed by atoms with Crippen molar-refractivity contribution in [3.63, 3.8) is 0 Å². The lowest BCUT2D eigenvalue weighted by Crippen LogP contribution is -2.42. The number of benzene rings is 2. The number of phenolic OH excluding ortho intramolecular Hbond substituents is 1. The van der Waals surface area contributed by atoms with Crippen molar-refractivity contribution in [2.45, 2.75) is 6.04 Å². The average Bonchev–Trinajstić information content (AvgIpc) is 3.12. The fourth-order valence-electron chi connectivity index (χ4n) is 4.38. The number of carbonyl (C=O) groups excluding carboxylic acids is 2. The number of Topliss-reactive ketones (excluding diaryl/α,β-unsaturated/α-hetero) is 1. The number of ketones is 1. The van der Waals surface area contributed by atoms with Gasteiger partial charge in [0.1, 0.15) is 23.0 Å². The van der Waals surface area contributed by atoms with Gasteiger partial charge in [0.25, 0.3) is 11.7 Å². The third-order valence-corrected chi connectivity index (χ3v) is 6.19. The van der Waals surface area contributed by atoms with Gasteiger partial charge in [0, 0.05) is 37.8 Å².